The van der Waals surface area contributed by atoms with Crippen molar-refractivity contribution in [2.45, 2.75) is 6.92 Å². The highest BCUT2D eigenvalue weighted by Crippen LogP contribution is 2.29. The van der Waals surface area contributed by atoms with Gasteiger partial charge in [0.25, 0.3) is 0 Å². The summed E-state index contributed by atoms with van der Waals surface area (Å²) in [7, 11) is 1.27. The molecule has 7 nitrogen and oxygen atoms in total. The first-order valence-electron chi connectivity index (χ1n) is 8.50. The maximum atomic E-state index is 11.5. The van der Waals surface area contributed by atoms with Crippen molar-refractivity contribution in [1.29, 1.82) is 0 Å². The molecule has 0 aliphatic rings. The number of aromatic nitrogens is 1. The molecule has 0 saturated carbocycles. The van der Waals surface area contributed by atoms with Gasteiger partial charge in [-0.05, 0) is 53.9 Å². The summed E-state index contributed by atoms with van der Waals surface area (Å²) in [6, 6.07) is 14.8. The minimum Gasteiger partial charge on any atom is -0.478 e. The van der Waals surface area contributed by atoms with E-state index in [2.05, 4.69) is 9.72 Å². The number of pyridine rings is 1. The zero-order valence-electron chi connectivity index (χ0n) is 15.8. The van der Waals surface area contributed by atoms with Crippen LogP contribution in [0.15, 0.2) is 67.0 Å². The van der Waals surface area contributed by atoms with Crippen molar-refractivity contribution in [2.75, 3.05) is 7.11 Å². The van der Waals surface area contributed by atoms with Crippen LogP contribution in [0.1, 0.15) is 36.6 Å². The Morgan fingerprint density at radius 3 is 1.90 bits per heavy atom. The van der Waals surface area contributed by atoms with Crippen LogP contribution in [-0.4, -0.2) is 40.2 Å². The van der Waals surface area contributed by atoms with Gasteiger partial charge in [-0.3, -0.25) is 4.98 Å². The number of carbonyl (C=O) groups excluding carboxylic acids is 1. The number of ether oxygens (including phenoxy) is 1. The van der Waals surface area contributed by atoms with Gasteiger partial charge >= 0.3 is 17.9 Å². The molecule has 1 heterocycles. The molecule has 0 saturated heterocycles. The monoisotopic (exact) mass is 393 g/mol. The Hall–Kier alpha value is -4.00. The second-order valence-electron chi connectivity index (χ2n) is 5.86. The predicted molar refractivity (Wildman–Crippen MR) is 106 cm³/mol. The van der Waals surface area contributed by atoms with Crippen LogP contribution < -0.4 is 0 Å². The van der Waals surface area contributed by atoms with Gasteiger partial charge in [-0.25, -0.2) is 14.4 Å². The van der Waals surface area contributed by atoms with E-state index in [0.29, 0.717) is 16.7 Å². The second kappa shape index (κ2) is 9.80. The van der Waals surface area contributed by atoms with Gasteiger partial charge in [0.15, 0.2) is 0 Å². The molecule has 0 atom stereocenters. The molecule has 3 aromatic rings. The molecule has 0 fully saturated rings. The molecule has 0 radical (unpaired) electrons. The van der Waals surface area contributed by atoms with Gasteiger partial charge in [-0.2, -0.15) is 0 Å². The molecule has 0 spiro atoms. The number of esters is 1. The smallest absolute Gasteiger partial charge is 0.337 e. The van der Waals surface area contributed by atoms with Crippen LogP contribution in [0.4, 0.5) is 0 Å². The molecule has 2 aromatic carbocycles. The van der Waals surface area contributed by atoms with E-state index >= 15 is 0 Å². The van der Waals surface area contributed by atoms with E-state index in [1.807, 2.05) is 18.2 Å². The summed E-state index contributed by atoms with van der Waals surface area (Å²) < 4.78 is 4.61. The van der Waals surface area contributed by atoms with Crippen LogP contribution in [0, 0.1) is 6.92 Å². The minimum atomic E-state index is -1.21. The third-order valence-corrected chi connectivity index (χ3v) is 4.09. The zero-order valence-corrected chi connectivity index (χ0v) is 15.8. The minimum absolute atomic E-state index is 0.0580. The first kappa shape index (κ1) is 21.3. The van der Waals surface area contributed by atoms with Gasteiger partial charge in [0.2, 0.25) is 0 Å². The van der Waals surface area contributed by atoms with Gasteiger partial charge < -0.3 is 14.9 Å². The maximum Gasteiger partial charge on any atom is 0.337 e. The van der Waals surface area contributed by atoms with Gasteiger partial charge in [0, 0.05) is 12.4 Å². The van der Waals surface area contributed by atoms with E-state index in [1.165, 1.54) is 38.3 Å². The van der Waals surface area contributed by atoms with E-state index in [-0.39, 0.29) is 16.7 Å². The van der Waals surface area contributed by atoms with E-state index < -0.39 is 17.9 Å². The van der Waals surface area contributed by atoms with Gasteiger partial charge in [0.1, 0.15) is 0 Å². The van der Waals surface area contributed by atoms with Crippen molar-refractivity contribution in [3.8, 4) is 11.1 Å². The number of hydrogen-bond donors (Lipinski definition) is 2. The summed E-state index contributed by atoms with van der Waals surface area (Å²) in [4.78, 5) is 37.9. The van der Waals surface area contributed by atoms with Crippen LogP contribution in [0.3, 0.4) is 0 Å². The fraction of sp³-hybridized carbons (Fsp3) is 0.0909. The quantitative estimate of drug-likeness (QED) is 0.646. The Bertz CT molecular complexity index is 987. The van der Waals surface area contributed by atoms with Crippen LogP contribution >= 0.6 is 0 Å². The number of nitrogens with zero attached hydrogens (tertiary/aromatic N) is 1. The molecule has 148 valence electrons. The van der Waals surface area contributed by atoms with Crippen molar-refractivity contribution in [1.82, 2.24) is 4.98 Å². The normalized spacial score (nSPS) is 9.72. The second-order valence-corrected chi connectivity index (χ2v) is 5.86. The Morgan fingerprint density at radius 1 is 0.862 bits per heavy atom. The highest BCUT2D eigenvalue weighted by Gasteiger charge is 2.20. The molecule has 0 aliphatic heterocycles. The molecule has 1 aromatic heterocycles. The average molecular weight is 393 g/mol. The summed E-state index contributed by atoms with van der Waals surface area (Å²) in [5.41, 5.74) is 1.34. The van der Waals surface area contributed by atoms with Crippen LogP contribution in [-0.2, 0) is 4.74 Å². The number of rotatable bonds is 4. The molecule has 7 heteroatoms. The number of benzene rings is 2. The average Bonchev–Trinajstić information content (AvgIpc) is 2.74. The first-order chi connectivity index (χ1) is 13.9. The molecular formula is C22H19NO6. The van der Waals surface area contributed by atoms with E-state index in [1.54, 1.807) is 24.5 Å². The third-order valence-electron chi connectivity index (χ3n) is 4.09. The van der Waals surface area contributed by atoms with Crippen molar-refractivity contribution < 1.29 is 29.3 Å². The standard InChI is InChI=1S/C17H14O6.C5H5N/c1-9-12(15(18)19)7-8-13(14(9)16(20)21)10-3-5-11(6-4-10)17(22)23-2;1-2-4-6-5-3-1/h3-8H,1-2H3,(H,18,19)(H,20,21);1-5H. The lowest BCUT2D eigenvalue weighted by atomic mass is 9.92. The third kappa shape index (κ3) is 5.26. The summed E-state index contributed by atoms with van der Waals surface area (Å²) in [5.74, 6) is -2.89. The number of carboxylic acid groups (broad SMARTS) is 2. The molecule has 0 unspecified atom stereocenters. The van der Waals surface area contributed by atoms with Crippen LogP contribution in [0.2, 0.25) is 0 Å². The lowest BCUT2D eigenvalue weighted by Gasteiger charge is -2.12. The highest BCUT2D eigenvalue weighted by atomic mass is 16.5. The molecule has 0 aliphatic carbocycles. The molecule has 0 amide bonds. The van der Waals surface area contributed by atoms with Crippen LogP contribution in [0.25, 0.3) is 11.1 Å². The van der Waals surface area contributed by atoms with Crippen molar-refractivity contribution in [3.05, 3.63) is 89.2 Å². The van der Waals surface area contributed by atoms with Gasteiger partial charge in [-0.15, -0.1) is 0 Å². The topological polar surface area (TPSA) is 114 Å². The number of carboxylic acids is 2. The predicted octanol–water partition coefficient (Wildman–Crippen LogP) is 3.93. The van der Waals surface area contributed by atoms with E-state index in [9.17, 15) is 19.5 Å². The zero-order chi connectivity index (χ0) is 21.4. The molecule has 2 N–H and O–H groups in total. The fourth-order valence-electron chi connectivity index (χ4n) is 2.68. The summed E-state index contributed by atoms with van der Waals surface area (Å²) in [6.45, 7) is 1.46. The molecule has 0 bridgehead atoms. The summed E-state index contributed by atoms with van der Waals surface area (Å²) in [6.07, 6.45) is 3.50. The van der Waals surface area contributed by atoms with Crippen molar-refractivity contribution >= 4 is 17.9 Å². The maximum absolute atomic E-state index is 11.5. The van der Waals surface area contributed by atoms with E-state index in [0.717, 1.165) is 0 Å². The Morgan fingerprint density at radius 2 is 1.48 bits per heavy atom. The molecular weight excluding hydrogens is 374 g/mol. The van der Waals surface area contributed by atoms with E-state index in [4.69, 9.17) is 5.11 Å². The lowest BCUT2D eigenvalue weighted by molar-refractivity contribution is 0.0598. The van der Waals surface area contributed by atoms with Crippen LogP contribution in [0.5, 0.6) is 0 Å². The molecule has 29 heavy (non-hydrogen) atoms. The number of aromatic carboxylic acids is 2. The Labute approximate surface area is 167 Å². The van der Waals surface area contributed by atoms with Gasteiger partial charge in [0.05, 0.1) is 23.8 Å². The van der Waals surface area contributed by atoms with Crippen molar-refractivity contribution in [2.24, 2.45) is 0 Å². The number of methoxy groups -OCH3 is 1. The Balaban J connectivity index is 0.000000426. The van der Waals surface area contributed by atoms with Crippen molar-refractivity contribution in [3.63, 3.8) is 0 Å². The number of hydrogen-bond acceptors (Lipinski definition) is 5. The van der Waals surface area contributed by atoms with Gasteiger partial charge in [-0.1, -0.05) is 24.3 Å². The fourth-order valence-corrected chi connectivity index (χ4v) is 2.68. The lowest BCUT2D eigenvalue weighted by Crippen LogP contribution is -2.09. The highest BCUT2D eigenvalue weighted by molar-refractivity contribution is 6.02. The largest absolute Gasteiger partial charge is 0.478 e. The molecule has 3 rings (SSSR count). The first-order valence-corrected chi connectivity index (χ1v) is 8.50. The number of carbonyl (C=O) groups is 3. The Kier molecular flexibility index (Phi) is 7.20. The summed E-state index contributed by atoms with van der Waals surface area (Å²) >= 11 is 0. The summed E-state index contributed by atoms with van der Waals surface area (Å²) in [5, 5.41) is 18.5. The SMILES string of the molecule is COC(=O)c1ccc(-c2ccc(C(=O)O)c(C)c2C(=O)O)cc1.c1ccncc1.